The quantitative estimate of drug-likeness (QED) is 0.844. The molecule has 3 rings (SSSR count). The Morgan fingerprint density at radius 2 is 1.68 bits per heavy atom. The van der Waals surface area contributed by atoms with Crippen LogP contribution in [0.15, 0.2) is 30.3 Å². The Kier molecular flexibility index (Phi) is 6.11. The summed E-state index contributed by atoms with van der Waals surface area (Å²) in [5.74, 6) is 1.00. The Hall–Kier alpha value is -1.84. The molecular formula is C21H30N2O2. The van der Waals surface area contributed by atoms with Crippen LogP contribution < -0.4 is 0 Å². The third kappa shape index (κ3) is 4.42. The summed E-state index contributed by atoms with van der Waals surface area (Å²) >= 11 is 0. The van der Waals surface area contributed by atoms with Crippen molar-refractivity contribution < 1.29 is 9.59 Å². The minimum Gasteiger partial charge on any atom is -0.342 e. The molecule has 136 valence electrons. The van der Waals surface area contributed by atoms with Gasteiger partial charge < -0.3 is 9.80 Å². The lowest BCUT2D eigenvalue weighted by atomic mass is 9.92. The number of likely N-dealkylation sites (tertiary alicyclic amines) is 2. The van der Waals surface area contributed by atoms with Crippen molar-refractivity contribution in [2.45, 2.75) is 51.4 Å². The van der Waals surface area contributed by atoms with E-state index in [0.29, 0.717) is 18.9 Å². The van der Waals surface area contributed by atoms with Crippen LogP contribution in [0.4, 0.5) is 0 Å². The number of carbonyl (C=O) groups is 2. The lowest BCUT2D eigenvalue weighted by molar-refractivity contribution is -0.140. The average molecular weight is 342 g/mol. The van der Waals surface area contributed by atoms with E-state index in [1.807, 2.05) is 11.8 Å². The predicted octanol–water partition coefficient (Wildman–Crippen LogP) is 3.43. The van der Waals surface area contributed by atoms with E-state index in [4.69, 9.17) is 0 Å². The van der Waals surface area contributed by atoms with Crippen LogP contribution in [0.1, 0.15) is 56.9 Å². The van der Waals surface area contributed by atoms with Gasteiger partial charge in [-0.2, -0.15) is 0 Å². The first kappa shape index (κ1) is 18.0. The van der Waals surface area contributed by atoms with Crippen LogP contribution in [0.3, 0.4) is 0 Å². The highest BCUT2D eigenvalue weighted by Gasteiger charge is 2.31. The summed E-state index contributed by atoms with van der Waals surface area (Å²) in [5.41, 5.74) is 1.40. The maximum atomic E-state index is 13.0. The second-order valence-electron chi connectivity index (χ2n) is 7.40. The molecule has 0 N–H and O–H groups in total. The van der Waals surface area contributed by atoms with Crippen LogP contribution in [0, 0.1) is 5.92 Å². The van der Waals surface area contributed by atoms with Crippen LogP contribution in [-0.4, -0.2) is 47.8 Å². The van der Waals surface area contributed by atoms with Gasteiger partial charge in [0.05, 0.1) is 5.92 Å². The molecule has 2 aliphatic heterocycles. The van der Waals surface area contributed by atoms with Crippen molar-refractivity contribution >= 4 is 11.8 Å². The molecule has 0 aromatic heterocycles. The van der Waals surface area contributed by atoms with E-state index in [-0.39, 0.29) is 17.7 Å². The van der Waals surface area contributed by atoms with Crippen molar-refractivity contribution in [3.8, 4) is 0 Å². The topological polar surface area (TPSA) is 40.6 Å². The van der Waals surface area contributed by atoms with E-state index in [1.54, 1.807) is 0 Å². The Labute approximate surface area is 151 Å². The first-order valence-electron chi connectivity index (χ1n) is 9.80. The molecule has 0 radical (unpaired) electrons. The summed E-state index contributed by atoms with van der Waals surface area (Å²) in [7, 11) is 0. The van der Waals surface area contributed by atoms with E-state index < -0.39 is 0 Å². The molecule has 1 aromatic rings. The minimum atomic E-state index is -0.00229. The average Bonchev–Trinajstić information content (AvgIpc) is 2.94. The van der Waals surface area contributed by atoms with Gasteiger partial charge in [-0.15, -0.1) is 0 Å². The van der Waals surface area contributed by atoms with Crippen molar-refractivity contribution in [1.82, 2.24) is 9.80 Å². The van der Waals surface area contributed by atoms with Gasteiger partial charge in [-0.25, -0.2) is 0 Å². The molecule has 2 amide bonds. The fraction of sp³-hybridized carbons (Fsp3) is 0.619. The first-order chi connectivity index (χ1) is 12.2. The van der Waals surface area contributed by atoms with Crippen molar-refractivity contribution in [2.75, 3.05) is 26.2 Å². The molecule has 2 atom stereocenters. The lowest BCUT2D eigenvalue weighted by Crippen LogP contribution is -2.46. The van der Waals surface area contributed by atoms with Gasteiger partial charge in [0.15, 0.2) is 0 Å². The second-order valence-corrected chi connectivity index (χ2v) is 7.40. The zero-order valence-electron chi connectivity index (χ0n) is 15.3. The Bertz CT molecular complexity index is 587. The fourth-order valence-corrected chi connectivity index (χ4v) is 4.26. The Morgan fingerprint density at radius 3 is 2.44 bits per heavy atom. The van der Waals surface area contributed by atoms with Gasteiger partial charge in [-0.3, -0.25) is 9.59 Å². The van der Waals surface area contributed by atoms with Crippen molar-refractivity contribution in [3.05, 3.63) is 35.9 Å². The summed E-state index contributed by atoms with van der Waals surface area (Å²) in [5, 5.41) is 0. The summed E-state index contributed by atoms with van der Waals surface area (Å²) in [4.78, 5) is 28.9. The van der Waals surface area contributed by atoms with E-state index in [9.17, 15) is 9.59 Å². The molecule has 2 fully saturated rings. The van der Waals surface area contributed by atoms with Gasteiger partial charge in [0.2, 0.25) is 11.8 Å². The second kappa shape index (κ2) is 8.50. The Balaban J connectivity index is 1.58. The number of piperidine rings is 1. The molecule has 2 unspecified atom stereocenters. The number of benzene rings is 1. The molecule has 0 aliphatic carbocycles. The number of rotatable bonds is 3. The molecular weight excluding hydrogens is 312 g/mol. The van der Waals surface area contributed by atoms with E-state index in [2.05, 4.69) is 35.2 Å². The largest absolute Gasteiger partial charge is 0.342 e. The third-order valence-corrected chi connectivity index (χ3v) is 5.74. The maximum Gasteiger partial charge on any atom is 0.227 e. The van der Waals surface area contributed by atoms with E-state index >= 15 is 0 Å². The normalized spacial score (nSPS) is 24.7. The van der Waals surface area contributed by atoms with Gasteiger partial charge in [0, 0.05) is 32.6 Å². The minimum absolute atomic E-state index is 0.00229. The molecule has 4 heteroatoms. The number of carbonyl (C=O) groups excluding carboxylic acids is 2. The van der Waals surface area contributed by atoms with Crippen LogP contribution >= 0.6 is 0 Å². The third-order valence-electron chi connectivity index (χ3n) is 5.74. The van der Waals surface area contributed by atoms with Crippen LogP contribution in [0.25, 0.3) is 0 Å². The number of amides is 2. The van der Waals surface area contributed by atoms with Crippen molar-refractivity contribution in [3.63, 3.8) is 0 Å². The molecule has 1 aromatic carbocycles. The monoisotopic (exact) mass is 342 g/mol. The molecule has 4 nitrogen and oxygen atoms in total. The van der Waals surface area contributed by atoms with Gasteiger partial charge in [-0.05, 0) is 43.6 Å². The number of hydrogen-bond acceptors (Lipinski definition) is 2. The molecule has 0 bridgehead atoms. The smallest absolute Gasteiger partial charge is 0.227 e. The molecule has 2 heterocycles. The van der Waals surface area contributed by atoms with Crippen molar-refractivity contribution in [1.29, 1.82) is 0 Å². The van der Waals surface area contributed by atoms with Gasteiger partial charge in [0.1, 0.15) is 0 Å². The highest BCUT2D eigenvalue weighted by atomic mass is 16.2. The Morgan fingerprint density at radius 1 is 0.960 bits per heavy atom. The van der Waals surface area contributed by atoms with E-state index in [1.165, 1.54) is 5.56 Å². The predicted molar refractivity (Wildman–Crippen MR) is 99.2 cm³/mol. The van der Waals surface area contributed by atoms with Crippen LogP contribution in [-0.2, 0) is 9.59 Å². The molecule has 2 aliphatic rings. The number of nitrogens with zero attached hydrogens (tertiary/aromatic N) is 2. The van der Waals surface area contributed by atoms with Gasteiger partial charge in [0.25, 0.3) is 0 Å². The highest BCUT2D eigenvalue weighted by molar-refractivity contribution is 5.81. The molecule has 0 spiro atoms. The van der Waals surface area contributed by atoms with Crippen molar-refractivity contribution in [2.24, 2.45) is 5.92 Å². The zero-order chi connectivity index (χ0) is 17.6. The van der Waals surface area contributed by atoms with Crippen LogP contribution in [0.2, 0.25) is 0 Å². The van der Waals surface area contributed by atoms with Gasteiger partial charge in [-0.1, -0.05) is 37.3 Å². The summed E-state index contributed by atoms with van der Waals surface area (Å²) < 4.78 is 0. The zero-order valence-corrected chi connectivity index (χ0v) is 15.3. The van der Waals surface area contributed by atoms with Crippen LogP contribution in [0.5, 0.6) is 0 Å². The fourth-order valence-electron chi connectivity index (χ4n) is 4.26. The van der Waals surface area contributed by atoms with E-state index in [0.717, 1.165) is 51.7 Å². The standard InChI is InChI=1S/C21H30N2O2/c1-2-20(24)23-14-7-11-19(16-23)21(25)22-13-6-10-18(12-15-22)17-8-4-3-5-9-17/h3-5,8-9,18-19H,2,6-7,10-16H2,1H3. The summed E-state index contributed by atoms with van der Waals surface area (Å²) in [6.07, 6.45) is 5.66. The molecule has 0 saturated carbocycles. The SMILES string of the molecule is CCC(=O)N1CCCC(C(=O)N2CCCC(c3ccccc3)CC2)C1. The number of hydrogen-bond donors (Lipinski definition) is 0. The summed E-state index contributed by atoms with van der Waals surface area (Å²) in [6, 6.07) is 10.7. The van der Waals surface area contributed by atoms with Gasteiger partial charge >= 0.3 is 0 Å². The maximum absolute atomic E-state index is 13.0. The summed E-state index contributed by atoms with van der Waals surface area (Å²) in [6.45, 7) is 5.03. The highest BCUT2D eigenvalue weighted by Crippen LogP contribution is 2.29. The lowest BCUT2D eigenvalue weighted by Gasteiger charge is -2.34. The first-order valence-corrected chi connectivity index (χ1v) is 9.80. The molecule has 25 heavy (non-hydrogen) atoms. The molecule has 2 saturated heterocycles.